The van der Waals surface area contributed by atoms with Crippen molar-refractivity contribution >= 4 is 11.6 Å². The van der Waals surface area contributed by atoms with Crippen molar-refractivity contribution in [2.24, 2.45) is 0 Å². The quantitative estimate of drug-likeness (QED) is 0.785. The maximum Gasteiger partial charge on any atom is 0.146 e. The lowest BCUT2D eigenvalue weighted by Gasteiger charge is -2.19. The third-order valence-electron chi connectivity index (χ3n) is 2.65. The maximum atomic E-state index is 13.8. The smallest absolute Gasteiger partial charge is 0.146 e. The van der Waals surface area contributed by atoms with Gasteiger partial charge in [-0.3, -0.25) is 0 Å². The molecule has 1 atom stereocenters. The van der Waals surface area contributed by atoms with Gasteiger partial charge in [0.2, 0.25) is 0 Å². The molecule has 0 radical (unpaired) electrons. The number of benzene rings is 1. The molecule has 0 fully saturated rings. The van der Waals surface area contributed by atoms with Gasteiger partial charge in [0.25, 0.3) is 0 Å². The Morgan fingerprint density at radius 1 is 1.38 bits per heavy atom. The predicted octanol–water partition coefficient (Wildman–Crippen LogP) is 4.32. The van der Waals surface area contributed by atoms with E-state index in [9.17, 15) is 4.39 Å². The maximum absolute atomic E-state index is 13.8. The van der Waals surface area contributed by atoms with Crippen LogP contribution in [-0.2, 0) is 0 Å². The molecule has 16 heavy (non-hydrogen) atoms. The highest BCUT2D eigenvalue weighted by atomic mass is 35.5. The van der Waals surface area contributed by atoms with Crippen molar-refractivity contribution in [2.45, 2.75) is 39.2 Å². The van der Waals surface area contributed by atoms with Gasteiger partial charge in [0.15, 0.2) is 0 Å². The zero-order chi connectivity index (χ0) is 12.0. The number of rotatable bonds is 6. The summed E-state index contributed by atoms with van der Waals surface area (Å²) in [7, 11) is 0. The van der Waals surface area contributed by atoms with Crippen LogP contribution in [0.15, 0.2) is 18.2 Å². The van der Waals surface area contributed by atoms with Gasteiger partial charge in [0, 0.05) is 11.6 Å². The monoisotopic (exact) mass is 243 g/mol. The number of unbranched alkanes of at least 4 members (excludes halogenated alkanes) is 1. The van der Waals surface area contributed by atoms with E-state index in [1.165, 1.54) is 0 Å². The van der Waals surface area contributed by atoms with E-state index in [2.05, 4.69) is 12.2 Å². The van der Waals surface area contributed by atoms with Crippen LogP contribution in [0.5, 0.6) is 0 Å². The van der Waals surface area contributed by atoms with E-state index in [1.807, 2.05) is 13.0 Å². The van der Waals surface area contributed by atoms with E-state index in [0.29, 0.717) is 5.56 Å². The van der Waals surface area contributed by atoms with Gasteiger partial charge in [-0.05, 0) is 19.0 Å². The third-order valence-corrected chi connectivity index (χ3v) is 2.95. The van der Waals surface area contributed by atoms with Crippen LogP contribution in [0.4, 0.5) is 4.39 Å². The van der Waals surface area contributed by atoms with E-state index >= 15 is 0 Å². The molecule has 0 saturated carbocycles. The van der Waals surface area contributed by atoms with Crippen LogP contribution in [0.1, 0.15) is 44.7 Å². The molecule has 0 amide bonds. The van der Waals surface area contributed by atoms with Gasteiger partial charge in [-0.15, -0.1) is 0 Å². The average molecular weight is 244 g/mol. The molecule has 0 aliphatic rings. The van der Waals surface area contributed by atoms with Crippen molar-refractivity contribution < 1.29 is 4.39 Å². The second kappa shape index (κ2) is 6.87. The predicted molar refractivity (Wildman–Crippen MR) is 67.4 cm³/mol. The molecule has 1 aromatic rings. The van der Waals surface area contributed by atoms with Crippen LogP contribution >= 0.6 is 11.6 Å². The number of hydrogen-bond acceptors (Lipinski definition) is 1. The molecule has 0 bridgehead atoms. The van der Waals surface area contributed by atoms with Crippen LogP contribution < -0.4 is 5.32 Å². The summed E-state index contributed by atoms with van der Waals surface area (Å²) in [5, 5.41) is 3.51. The van der Waals surface area contributed by atoms with Gasteiger partial charge >= 0.3 is 0 Å². The minimum atomic E-state index is -0.286. The van der Waals surface area contributed by atoms with Gasteiger partial charge in [0.1, 0.15) is 5.82 Å². The summed E-state index contributed by atoms with van der Waals surface area (Å²) in [4.78, 5) is 0. The fourth-order valence-corrected chi connectivity index (χ4v) is 1.99. The molecular weight excluding hydrogens is 225 g/mol. The molecule has 0 aliphatic heterocycles. The van der Waals surface area contributed by atoms with Gasteiger partial charge in [-0.2, -0.15) is 0 Å². The summed E-state index contributed by atoms with van der Waals surface area (Å²) >= 11 is 5.79. The first-order chi connectivity index (χ1) is 7.70. The summed E-state index contributed by atoms with van der Waals surface area (Å²) in [5.41, 5.74) is 0.683. The third kappa shape index (κ3) is 3.46. The lowest BCUT2D eigenvalue weighted by molar-refractivity contribution is 0.470. The van der Waals surface area contributed by atoms with Crippen LogP contribution in [0.2, 0.25) is 5.02 Å². The molecule has 0 aliphatic carbocycles. The highest BCUT2D eigenvalue weighted by Gasteiger charge is 2.15. The van der Waals surface area contributed by atoms with Crippen LogP contribution in [0, 0.1) is 5.82 Å². The molecule has 1 nitrogen and oxygen atoms in total. The summed E-state index contributed by atoms with van der Waals surface area (Å²) in [5.74, 6) is -0.286. The first-order valence-electron chi connectivity index (χ1n) is 5.88. The van der Waals surface area contributed by atoms with Gasteiger partial charge in [0.05, 0.1) is 5.02 Å². The van der Waals surface area contributed by atoms with E-state index in [4.69, 9.17) is 11.6 Å². The Kier molecular flexibility index (Phi) is 5.78. The molecule has 1 aromatic carbocycles. The summed E-state index contributed by atoms with van der Waals surface area (Å²) in [6.45, 7) is 5.00. The van der Waals surface area contributed by atoms with Gasteiger partial charge in [-0.1, -0.05) is 50.4 Å². The molecule has 0 aromatic heterocycles. The van der Waals surface area contributed by atoms with Crippen molar-refractivity contribution in [1.82, 2.24) is 5.32 Å². The summed E-state index contributed by atoms with van der Waals surface area (Å²) < 4.78 is 13.8. The molecule has 1 N–H and O–H groups in total. The van der Waals surface area contributed by atoms with Crippen molar-refractivity contribution in [3.8, 4) is 0 Å². The molecule has 0 spiro atoms. The van der Waals surface area contributed by atoms with Crippen molar-refractivity contribution in [2.75, 3.05) is 6.54 Å². The lowest BCUT2D eigenvalue weighted by Crippen LogP contribution is -2.22. The first kappa shape index (κ1) is 13.5. The topological polar surface area (TPSA) is 12.0 Å². The molecule has 0 heterocycles. The van der Waals surface area contributed by atoms with Gasteiger partial charge in [-0.25, -0.2) is 4.39 Å². The van der Waals surface area contributed by atoms with E-state index in [0.717, 1.165) is 25.8 Å². The summed E-state index contributed by atoms with van der Waals surface area (Å²) in [6, 6.07) is 5.27. The largest absolute Gasteiger partial charge is 0.310 e. The molecular formula is C13H19ClFN. The normalized spacial score (nSPS) is 12.8. The van der Waals surface area contributed by atoms with E-state index < -0.39 is 0 Å². The van der Waals surface area contributed by atoms with E-state index in [-0.39, 0.29) is 16.9 Å². The SMILES string of the molecule is CCCCC(NCC)c1cccc(Cl)c1F. The Labute approximate surface area is 102 Å². The Morgan fingerprint density at radius 3 is 2.75 bits per heavy atom. The highest BCUT2D eigenvalue weighted by molar-refractivity contribution is 6.30. The van der Waals surface area contributed by atoms with Gasteiger partial charge < -0.3 is 5.32 Å². The fraction of sp³-hybridized carbons (Fsp3) is 0.538. The minimum Gasteiger partial charge on any atom is -0.310 e. The zero-order valence-electron chi connectivity index (χ0n) is 9.89. The second-order valence-electron chi connectivity index (χ2n) is 3.90. The Hall–Kier alpha value is -0.600. The van der Waals surface area contributed by atoms with Crippen LogP contribution in [0.3, 0.4) is 0 Å². The van der Waals surface area contributed by atoms with Crippen molar-refractivity contribution in [3.05, 3.63) is 34.6 Å². The number of halogens is 2. The number of nitrogens with one attached hydrogen (secondary N) is 1. The number of hydrogen-bond donors (Lipinski definition) is 1. The Bertz CT molecular complexity index is 328. The van der Waals surface area contributed by atoms with Crippen LogP contribution in [-0.4, -0.2) is 6.54 Å². The average Bonchev–Trinajstić information content (AvgIpc) is 2.28. The Morgan fingerprint density at radius 2 is 2.12 bits per heavy atom. The molecule has 1 unspecified atom stereocenters. The molecule has 0 saturated heterocycles. The molecule has 1 rings (SSSR count). The Balaban J connectivity index is 2.86. The lowest BCUT2D eigenvalue weighted by atomic mass is 10.0. The summed E-state index contributed by atoms with van der Waals surface area (Å²) in [6.07, 6.45) is 3.15. The van der Waals surface area contributed by atoms with Crippen molar-refractivity contribution in [1.29, 1.82) is 0 Å². The first-order valence-corrected chi connectivity index (χ1v) is 6.25. The highest BCUT2D eigenvalue weighted by Crippen LogP contribution is 2.26. The van der Waals surface area contributed by atoms with Crippen LogP contribution in [0.25, 0.3) is 0 Å². The molecule has 3 heteroatoms. The standard InChI is InChI=1S/C13H19ClFN/c1-3-5-9-12(16-4-2)10-7-6-8-11(14)13(10)15/h6-8,12,16H,3-5,9H2,1-2H3. The second-order valence-corrected chi connectivity index (χ2v) is 4.30. The zero-order valence-corrected chi connectivity index (χ0v) is 10.6. The van der Waals surface area contributed by atoms with E-state index in [1.54, 1.807) is 12.1 Å². The minimum absolute atomic E-state index is 0.0728. The van der Waals surface area contributed by atoms with Crippen molar-refractivity contribution in [3.63, 3.8) is 0 Å². The fourth-order valence-electron chi connectivity index (χ4n) is 1.81. The molecule has 90 valence electrons.